The van der Waals surface area contributed by atoms with Crippen LogP contribution in [0.5, 0.6) is 0 Å². The first kappa shape index (κ1) is 14.0. The van der Waals surface area contributed by atoms with Crippen molar-refractivity contribution in [2.45, 2.75) is 19.8 Å². The number of piperidine rings is 1. The van der Waals surface area contributed by atoms with E-state index in [0.29, 0.717) is 18.0 Å². The van der Waals surface area contributed by atoms with E-state index in [1.54, 1.807) is 37.1 Å². The topological polar surface area (TPSA) is 32.3 Å². The minimum atomic E-state index is -0.398. The number of amides is 1. The van der Waals surface area contributed by atoms with E-state index >= 15 is 0 Å². The number of benzene rings is 1. The minimum Gasteiger partial charge on any atom is -0.341 e. The Morgan fingerprint density at radius 3 is 2.79 bits per heavy atom. The van der Waals surface area contributed by atoms with Gasteiger partial charge in [0, 0.05) is 13.6 Å². The molecule has 1 amide bonds. The van der Waals surface area contributed by atoms with E-state index in [0.717, 1.165) is 25.9 Å². The molecule has 0 aliphatic carbocycles. The third-order valence-corrected chi connectivity index (χ3v) is 3.76. The molecule has 1 N–H and O–H groups in total. The highest BCUT2D eigenvalue weighted by atomic mass is 19.1. The zero-order chi connectivity index (χ0) is 13.8. The lowest BCUT2D eigenvalue weighted by Gasteiger charge is -2.27. The van der Waals surface area contributed by atoms with E-state index in [1.807, 2.05) is 0 Å². The van der Waals surface area contributed by atoms with Crippen molar-refractivity contribution in [1.82, 2.24) is 10.2 Å². The Bertz CT molecular complexity index is 455. The normalized spacial score (nSPS) is 16.4. The first-order chi connectivity index (χ1) is 9.09. The van der Waals surface area contributed by atoms with Crippen molar-refractivity contribution >= 4 is 5.91 Å². The van der Waals surface area contributed by atoms with Gasteiger partial charge in [-0.25, -0.2) is 4.39 Å². The maximum Gasteiger partial charge on any atom is 0.256 e. The van der Waals surface area contributed by atoms with Gasteiger partial charge in [0.25, 0.3) is 5.91 Å². The molecule has 19 heavy (non-hydrogen) atoms. The molecule has 0 unspecified atom stereocenters. The van der Waals surface area contributed by atoms with Crippen molar-refractivity contribution in [3.8, 4) is 0 Å². The summed E-state index contributed by atoms with van der Waals surface area (Å²) in [6.45, 7) is 4.39. The van der Waals surface area contributed by atoms with Crippen LogP contribution in [0.1, 0.15) is 28.8 Å². The molecule has 1 aromatic carbocycles. The van der Waals surface area contributed by atoms with Gasteiger partial charge in [-0.2, -0.15) is 0 Å². The van der Waals surface area contributed by atoms with Crippen LogP contribution in [0.25, 0.3) is 0 Å². The minimum absolute atomic E-state index is 0.177. The van der Waals surface area contributed by atoms with Crippen LogP contribution in [0.3, 0.4) is 0 Å². The van der Waals surface area contributed by atoms with Crippen LogP contribution in [0.4, 0.5) is 4.39 Å². The summed E-state index contributed by atoms with van der Waals surface area (Å²) in [5.41, 5.74) is 0.692. The average molecular weight is 264 g/mol. The van der Waals surface area contributed by atoms with Crippen LogP contribution in [-0.4, -0.2) is 37.5 Å². The molecule has 0 aromatic heterocycles. The van der Waals surface area contributed by atoms with Gasteiger partial charge in [0.15, 0.2) is 0 Å². The monoisotopic (exact) mass is 264 g/mol. The largest absolute Gasteiger partial charge is 0.341 e. The molecule has 0 radical (unpaired) electrons. The number of carbonyl (C=O) groups excluding carboxylic acids is 1. The Hall–Kier alpha value is -1.42. The fourth-order valence-electron chi connectivity index (χ4n) is 2.55. The van der Waals surface area contributed by atoms with Gasteiger partial charge in [-0.3, -0.25) is 4.79 Å². The Labute approximate surface area is 113 Å². The molecule has 1 aliphatic rings. The molecule has 0 saturated carbocycles. The second kappa shape index (κ2) is 6.15. The van der Waals surface area contributed by atoms with Crippen molar-refractivity contribution < 1.29 is 9.18 Å². The third-order valence-electron chi connectivity index (χ3n) is 3.76. The number of aryl methyl sites for hydroxylation is 1. The van der Waals surface area contributed by atoms with Crippen LogP contribution in [0.15, 0.2) is 18.2 Å². The van der Waals surface area contributed by atoms with E-state index in [1.165, 1.54) is 0 Å². The van der Waals surface area contributed by atoms with E-state index in [2.05, 4.69) is 5.32 Å². The molecule has 0 bridgehead atoms. The van der Waals surface area contributed by atoms with Gasteiger partial charge in [-0.1, -0.05) is 12.1 Å². The Balaban J connectivity index is 2.03. The first-order valence-corrected chi connectivity index (χ1v) is 6.81. The average Bonchev–Trinajstić information content (AvgIpc) is 2.42. The summed E-state index contributed by atoms with van der Waals surface area (Å²) in [6.07, 6.45) is 2.15. The van der Waals surface area contributed by atoms with Crippen molar-refractivity contribution in [3.05, 3.63) is 35.1 Å². The quantitative estimate of drug-likeness (QED) is 0.907. The summed E-state index contributed by atoms with van der Waals surface area (Å²) in [7, 11) is 1.76. The Morgan fingerprint density at radius 2 is 2.11 bits per heavy atom. The Kier molecular flexibility index (Phi) is 4.53. The molecule has 104 valence electrons. The number of hydrogen-bond acceptors (Lipinski definition) is 2. The summed E-state index contributed by atoms with van der Waals surface area (Å²) in [5.74, 6) is -0.104. The molecular weight excluding hydrogens is 243 g/mol. The third kappa shape index (κ3) is 3.32. The second-order valence-electron chi connectivity index (χ2n) is 5.32. The van der Waals surface area contributed by atoms with Crippen LogP contribution in [0.2, 0.25) is 0 Å². The molecule has 3 nitrogen and oxygen atoms in total. The Morgan fingerprint density at radius 1 is 1.42 bits per heavy atom. The van der Waals surface area contributed by atoms with E-state index in [4.69, 9.17) is 0 Å². The number of nitrogens with one attached hydrogen (secondary N) is 1. The molecular formula is C15H21FN2O. The number of carbonyl (C=O) groups is 1. The van der Waals surface area contributed by atoms with Crippen molar-refractivity contribution in [2.75, 3.05) is 26.7 Å². The number of nitrogens with zero attached hydrogens (tertiary/aromatic N) is 1. The summed E-state index contributed by atoms with van der Waals surface area (Å²) in [4.78, 5) is 13.9. The summed E-state index contributed by atoms with van der Waals surface area (Å²) < 4.78 is 13.9. The zero-order valence-corrected chi connectivity index (χ0v) is 11.6. The second-order valence-corrected chi connectivity index (χ2v) is 5.32. The maximum atomic E-state index is 13.9. The fraction of sp³-hybridized carbons (Fsp3) is 0.533. The molecule has 1 fully saturated rings. The molecule has 4 heteroatoms. The SMILES string of the molecule is Cc1cccc(C(=O)N(C)CC2CCNCC2)c1F. The van der Waals surface area contributed by atoms with Crippen LogP contribution >= 0.6 is 0 Å². The van der Waals surface area contributed by atoms with E-state index in [9.17, 15) is 9.18 Å². The molecule has 2 rings (SSSR count). The summed E-state index contributed by atoms with van der Waals surface area (Å²) in [6, 6.07) is 4.96. The number of rotatable bonds is 3. The molecule has 0 spiro atoms. The van der Waals surface area contributed by atoms with Gasteiger partial charge in [-0.15, -0.1) is 0 Å². The van der Waals surface area contributed by atoms with Crippen molar-refractivity contribution in [3.63, 3.8) is 0 Å². The molecule has 0 atom stereocenters. The maximum absolute atomic E-state index is 13.9. The van der Waals surface area contributed by atoms with Gasteiger partial charge < -0.3 is 10.2 Å². The van der Waals surface area contributed by atoms with Gasteiger partial charge >= 0.3 is 0 Å². The van der Waals surface area contributed by atoms with Crippen LogP contribution < -0.4 is 5.32 Å². The van der Waals surface area contributed by atoms with Gasteiger partial charge in [0.05, 0.1) is 5.56 Å². The lowest BCUT2D eigenvalue weighted by Crippen LogP contribution is -2.37. The number of hydrogen-bond donors (Lipinski definition) is 1. The van der Waals surface area contributed by atoms with E-state index < -0.39 is 5.82 Å². The van der Waals surface area contributed by atoms with Crippen molar-refractivity contribution in [1.29, 1.82) is 0 Å². The van der Waals surface area contributed by atoms with Crippen LogP contribution in [0, 0.1) is 18.7 Å². The molecule has 1 aromatic rings. The molecule has 1 aliphatic heterocycles. The summed E-state index contributed by atoms with van der Waals surface area (Å²) in [5, 5.41) is 3.30. The summed E-state index contributed by atoms with van der Waals surface area (Å²) >= 11 is 0. The molecule has 1 heterocycles. The smallest absolute Gasteiger partial charge is 0.256 e. The van der Waals surface area contributed by atoms with Gasteiger partial charge in [0.1, 0.15) is 5.82 Å². The van der Waals surface area contributed by atoms with Crippen molar-refractivity contribution in [2.24, 2.45) is 5.92 Å². The predicted octanol–water partition coefficient (Wildman–Crippen LogP) is 2.21. The first-order valence-electron chi connectivity index (χ1n) is 6.81. The lowest BCUT2D eigenvalue weighted by molar-refractivity contribution is 0.0758. The predicted molar refractivity (Wildman–Crippen MR) is 73.7 cm³/mol. The van der Waals surface area contributed by atoms with Gasteiger partial charge in [-0.05, 0) is 50.4 Å². The van der Waals surface area contributed by atoms with E-state index in [-0.39, 0.29) is 11.5 Å². The highest BCUT2D eigenvalue weighted by molar-refractivity contribution is 5.94. The molecule has 1 saturated heterocycles. The van der Waals surface area contributed by atoms with Crippen LogP contribution in [-0.2, 0) is 0 Å². The highest BCUT2D eigenvalue weighted by Crippen LogP contribution is 2.17. The highest BCUT2D eigenvalue weighted by Gasteiger charge is 2.21. The fourth-order valence-corrected chi connectivity index (χ4v) is 2.55. The standard InChI is InChI=1S/C15H21FN2O/c1-11-4-3-5-13(14(11)16)15(19)18(2)10-12-6-8-17-9-7-12/h3-5,12,17H,6-10H2,1-2H3. The lowest BCUT2D eigenvalue weighted by atomic mass is 9.97. The van der Waals surface area contributed by atoms with Gasteiger partial charge in [0.2, 0.25) is 0 Å². The number of halogens is 1. The zero-order valence-electron chi connectivity index (χ0n) is 11.6.